The van der Waals surface area contributed by atoms with E-state index in [2.05, 4.69) is 0 Å². The summed E-state index contributed by atoms with van der Waals surface area (Å²) in [6.45, 7) is 0.597. The topological polar surface area (TPSA) is 92.9 Å². The molecule has 2 saturated carbocycles. The highest BCUT2D eigenvalue weighted by Crippen LogP contribution is 2.45. The lowest BCUT2D eigenvalue weighted by Gasteiger charge is -2.43. The number of rotatable bonds is 7. The third-order valence-electron chi connectivity index (χ3n) is 7.66. The molecule has 0 saturated heterocycles. The Bertz CT molecular complexity index is 1140. The van der Waals surface area contributed by atoms with Crippen molar-refractivity contribution < 1.29 is 37.0 Å². The van der Waals surface area contributed by atoms with Gasteiger partial charge in [-0.2, -0.15) is 13.2 Å². The van der Waals surface area contributed by atoms with Gasteiger partial charge in [-0.25, -0.2) is 9.18 Å². The molecule has 200 valence electrons. The number of halogens is 4. The molecule has 2 aromatic rings. The van der Waals surface area contributed by atoms with Crippen LogP contribution in [0.25, 0.3) is 0 Å². The molecule has 3 N–H and O–H groups in total. The molecule has 6 nitrogen and oxygen atoms in total. The standard InChI is InChI=1S/C27H30F4N2O4/c1-25(36,27(29,30)31)18-8-6-17(7-9-18)23(34)33(19-10-11-19)20-12-14-26(15-13-20,16-37-24(32)35)21-4-2-3-5-22(21)28/h2-9,19-20,36H,10-16H2,1H3,(H2,32,35)/t20?,25-,26?/m0/s1. The number of carbonyl (C=O) groups excluding carboxylic acids is 2. The molecule has 0 spiro atoms. The summed E-state index contributed by atoms with van der Waals surface area (Å²) in [7, 11) is 0. The minimum absolute atomic E-state index is 0.0262. The van der Waals surface area contributed by atoms with E-state index in [0.717, 1.165) is 25.0 Å². The van der Waals surface area contributed by atoms with Crippen molar-refractivity contribution in [1.29, 1.82) is 0 Å². The number of aliphatic hydroxyl groups is 1. The molecule has 4 rings (SSSR count). The van der Waals surface area contributed by atoms with Crippen molar-refractivity contribution >= 4 is 12.0 Å². The van der Waals surface area contributed by atoms with Crippen molar-refractivity contribution in [3.05, 3.63) is 71.0 Å². The number of primary amides is 1. The number of alkyl halides is 3. The maximum absolute atomic E-state index is 14.8. The normalized spacial score (nSPS) is 23.7. The molecule has 0 unspecified atom stereocenters. The van der Waals surface area contributed by atoms with Crippen molar-refractivity contribution in [3.63, 3.8) is 0 Å². The third kappa shape index (κ3) is 5.44. The predicted molar refractivity (Wildman–Crippen MR) is 127 cm³/mol. The zero-order chi connectivity index (χ0) is 27.0. The van der Waals surface area contributed by atoms with Crippen LogP contribution in [0.2, 0.25) is 0 Å². The fraction of sp³-hybridized carbons (Fsp3) is 0.481. The van der Waals surface area contributed by atoms with Crippen LogP contribution in [0.1, 0.15) is 66.9 Å². The van der Waals surface area contributed by atoms with Crippen molar-refractivity contribution in [2.75, 3.05) is 6.61 Å². The van der Waals surface area contributed by atoms with Gasteiger partial charge in [0.1, 0.15) is 12.4 Å². The number of nitrogens with two attached hydrogens (primary N) is 1. The van der Waals surface area contributed by atoms with Gasteiger partial charge in [-0.15, -0.1) is 0 Å². The fourth-order valence-corrected chi connectivity index (χ4v) is 5.26. The molecule has 37 heavy (non-hydrogen) atoms. The second-order valence-electron chi connectivity index (χ2n) is 10.2. The van der Waals surface area contributed by atoms with E-state index < -0.39 is 29.1 Å². The highest BCUT2D eigenvalue weighted by Gasteiger charge is 2.51. The second kappa shape index (κ2) is 9.96. The predicted octanol–water partition coefficient (Wildman–Crippen LogP) is 5.18. The van der Waals surface area contributed by atoms with Crippen LogP contribution in [-0.4, -0.2) is 46.9 Å². The number of hydrogen-bond acceptors (Lipinski definition) is 4. The molecule has 0 radical (unpaired) electrons. The van der Waals surface area contributed by atoms with E-state index in [-0.39, 0.29) is 35.7 Å². The van der Waals surface area contributed by atoms with Gasteiger partial charge < -0.3 is 20.5 Å². The number of nitrogens with zero attached hydrogens (tertiary/aromatic N) is 1. The Kier molecular flexibility index (Phi) is 7.25. The fourth-order valence-electron chi connectivity index (χ4n) is 5.26. The van der Waals surface area contributed by atoms with Gasteiger partial charge in [0.25, 0.3) is 5.91 Å². The molecule has 0 aromatic heterocycles. The number of amides is 2. The van der Waals surface area contributed by atoms with E-state index in [1.54, 1.807) is 23.1 Å². The van der Waals surface area contributed by atoms with Gasteiger partial charge in [-0.3, -0.25) is 4.79 Å². The lowest BCUT2D eigenvalue weighted by Crippen LogP contribution is -2.48. The Balaban J connectivity index is 1.53. The Labute approximate surface area is 212 Å². The monoisotopic (exact) mass is 522 g/mol. The lowest BCUT2D eigenvalue weighted by molar-refractivity contribution is -0.258. The van der Waals surface area contributed by atoms with Crippen LogP contribution in [-0.2, 0) is 15.8 Å². The van der Waals surface area contributed by atoms with E-state index in [1.807, 2.05) is 0 Å². The van der Waals surface area contributed by atoms with Crippen molar-refractivity contribution in [1.82, 2.24) is 4.90 Å². The summed E-state index contributed by atoms with van der Waals surface area (Å²) >= 11 is 0. The summed E-state index contributed by atoms with van der Waals surface area (Å²) < 4.78 is 59.4. The van der Waals surface area contributed by atoms with E-state index in [1.165, 1.54) is 18.2 Å². The quantitative estimate of drug-likeness (QED) is 0.491. The Morgan fingerprint density at radius 3 is 2.11 bits per heavy atom. The molecular formula is C27H30F4N2O4. The maximum atomic E-state index is 14.8. The first-order valence-electron chi connectivity index (χ1n) is 12.3. The van der Waals surface area contributed by atoms with E-state index in [4.69, 9.17) is 10.5 Å². The summed E-state index contributed by atoms with van der Waals surface area (Å²) in [5.74, 6) is -0.698. The van der Waals surface area contributed by atoms with Crippen molar-refractivity contribution in [2.45, 2.75) is 74.7 Å². The van der Waals surface area contributed by atoms with Gasteiger partial charge in [-0.1, -0.05) is 30.3 Å². The first-order valence-corrected chi connectivity index (χ1v) is 12.3. The van der Waals surface area contributed by atoms with Crippen LogP contribution >= 0.6 is 0 Å². The van der Waals surface area contributed by atoms with Crippen molar-refractivity contribution in [3.8, 4) is 0 Å². The van der Waals surface area contributed by atoms with E-state index in [0.29, 0.717) is 38.2 Å². The molecule has 10 heteroatoms. The minimum atomic E-state index is -4.86. The van der Waals surface area contributed by atoms with Gasteiger partial charge in [0.2, 0.25) is 0 Å². The summed E-state index contributed by atoms with van der Waals surface area (Å²) in [5.41, 5.74) is 1.70. The number of hydrogen-bond donors (Lipinski definition) is 2. The molecule has 0 bridgehead atoms. The van der Waals surface area contributed by atoms with Gasteiger partial charge in [0.05, 0.1) is 0 Å². The zero-order valence-electron chi connectivity index (χ0n) is 20.4. The Morgan fingerprint density at radius 1 is 1.03 bits per heavy atom. The maximum Gasteiger partial charge on any atom is 0.421 e. The molecule has 1 atom stereocenters. The Hall–Kier alpha value is -3.14. The van der Waals surface area contributed by atoms with Gasteiger partial charge in [-0.05, 0) is 74.8 Å². The Morgan fingerprint density at radius 2 is 1.59 bits per heavy atom. The largest absolute Gasteiger partial charge is 0.449 e. The van der Waals surface area contributed by atoms with Gasteiger partial charge >= 0.3 is 12.3 Å². The zero-order valence-corrected chi connectivity index (χ0v) is 20.4. The lowest BCUT2D eigenvalue weighted by atomic mass is 9.68. The summed E-state index contributed by atoms with van der Waals surface area (Å²) in [4.78, 5) is 26.6. The smallest absolute Gasteiger partial charge is 0.421 e. The average Bonchev–Trinajstić information content (AvgIpc) is 3.68. The molecule has 2 fully saturated rings. The first-order chi connectivity index (χ1) is 17.4. The van der Waals surface area contributed by atoms with Crippen LogP contribution in [0.3, 0.4) is 0 Å². The number of ether oxygens (including phenoxy) is 1. The molecular weight excluding hydrogens is 492 g/mol. The highest BCUT2D eigenvalue weighted by atomic mass is 19.4. The van der Waals surface area contributed by atoms with Crippen LogP contribution in [0.5, 0.6) is 0 Å². The van der Waals surface area contributed by atoms with E-state index in [9.17, 15) is 32.3 Å². The summed E-state index contributed by atoms with van der Waals surface area (Å²) in [5, 5.41) is 9.92. The number of carbonyl (C=O) groups is 2. The molecule has 2 aliphatic carbocycles. The van der Waals surface area contributed by atoms with Crippen LogP contribution in [0, 0.1) is 5.82 Å². The van der Waals surface area contributed by atoms with Gasteiger partial charge in [0.15, 0.2) is 5.60 Å². The third-order valence-corrected chi connectivity index (χ3v) is 7.66. The van der Waals surface area contributed by atoms with Crippen LogP contribution in [0.4, 0.5) is 22.4 Å². The number of benzene rings is 2. The molecule has 0 aliphatic heterocycles. The molecule has 0 heterocycles. The first kappa shape index (κ1) is 26.9. The molecule has 2 amide bonds. The summed E-state index contributed by atoms with van der Waals surface area (Å²) in [6.07, 6.45) is -2.19. The molecule has 2 aromatic carbocycles. The molecule has 2 aliphatic rings. The second-order valence-corrected chi connectivity index (χ2v) is 10.2. The van der Waals surface area contributed by atoms with E-state index >= 15 is 0 Å². The van der Waals surface area contributed by atoms with Gasteiger partial charge in [0, 0.05) is 23.1 Å². The minimum Gasteiger partial charge on any atom is -0.449 e. The van der Waals surface area contributed by atoms with Crippen LogP contribution < -0.4 is 5.73 Å². The summed E-state index contributed by atoms with van der Waals surface area (Å²) in [6, 6.07) is 11.0. The SMILES string of the molecule is C[C@](O)(c1ccc(C(=O)N(C2CC2)C2CCC(COC(N)=O)(c3ccccc3F)CC2)cc1)C(F)(F)F. The average molecular weight is 523 g/mol. The van der Waals surface area contributed by atoms with Crippen LogP contribution in [0.15, 0.2) is 48.5 Å². The van der Waals surface area contributed by atoms with Crippen molar-refractivity contribution in [2.24, 2.45) is 5.73 Å². The highest BCUT2D eigenvalue weighted by molar-refractivity contribution is 5.95.